The Morgan fingerprint density at radius 2 is 1.72 bits per heavy atom. The van der Waals surface area contributed by atoms with Gasteiger partial charge in [0.05, 0.1) is 29.9 Å². The molecule has 0 radical (unpaired) electrons. The lowest BCUT2D eigenvalue weighted by Crippen LogP contribution is -2.36. The smallest absolute Gasteiger partial charge is 0.289 e. The second-order valence-electron chi connectivity index (χ2n) is 7.81. The second-order valence-corrected chi connectivity index (χ2v) is 11.4. The molecule has 0 aliphatic rings. The average molecular weight is 540 g/mol. The van der Waals surface area contributed by atoms with Gasteiger partial charge in [0.2, 0.25) is 10.0 Å². The van der Waals surface area contributed by atoms with E-state index in [0.29, 0.717) is 5.75 Å². The summed E-state index contributed by atoms with van der Waals surface area (Å²) in [5, 5.41) is 12.2. The molecule has 3 aromatic rings. The highest BCUT2D eigenvalue weighted by atomic mass is 32.2. The summed E-state index contributed by atoms with van der Waals surface area (Å²) in [7, 11) is -6.50. The van der Waals surface area contributed by atoms with Crippen molar-refractivity contribution in [3.63, 3.8) is 0 Å². The fraction of sp³-hybridized carbons (Fsp3) is 0.318. The molecule has 1 aromatic heterocycles. The Morgan fingerprint density at radius 3 is 2.42 bits per heavy atom. The molecule has 0 aliphatic heterocycles. The monoisotopic (exact) mass is 539 g/mol. The van der Waals surface area contributed by atoms with Crippen molar-refractivity contribution in [1.82, 2.24) is 8.87 Å². The molecule has 0 N–H and O–H groups in total. The molecular weight excluding hydrogens is 514 g/mol. The molecule has 14 heteroatoms. The maximum atomic E-state index is 13.2. The lowest BCUT2D eigenvalue weighted by molar-refractivity contribution is -0.387. The summed E-state index contributed by atoms with van der Waals surface area (Å²) in [4.78, 5) is 21.8. The number of nitro groups is 1. The molecule has 0 saturated carbocycles. The summed E-state index contributed by atoms with van der Waals surface area (Å²) < 4.78 is 61.9. The molecular formula is C22H25N3O9S2. The zero-order valence-electron chi connectivity index (χ0n) is 19.6. The summed E-state index contributed by atoms with van der Waals surface area (Å²) in [5.41, 5.74) is -0.00762. The SMILES string of the molecule is Cn1c(=O)ccc2cc(OCCCN(CCOS(C)(=O)=O)S(=O)(=O)c3ccccc3[N+](=O)[O-])ccc21. The van der Waals surface area contributed by atoms with Gasteiger partial charge in [-0.25, -0.2) is 8.42 Å². The zero-order valence-corrected chi connectivity index (χ0v) is 21.2. The molecule has 0 aliphatic carbocycles. The average Bonchev–Trinajstić information content (AvgIpc) is 2.82. The standard InChI is InChI=1S/C22H25N3O9S2/c1-23-19-10-9-18(16-17(19)8-11-22(23)26)33-14-5-12-24(13-15-34-35(2,29)30)36(31,32)21-7-4-3-6-20(21)25(27)28/h3-4,6-11,16H,5,12-15H2,1-2H3. The van der Waals surface area contributed by atoms with E-state index in [0.717, 1.165) is 33.6 Å². The van der Waals surface area contributed by atoms with Crippen molar-refractivity contribution in [2.45, 2.75) is 11.3 Å². The Hall–Kier alpha value is -3.33. The van der Waals surface area contributed by atoms with Gasteiger partial charge in [-0.3, -0.25) is 19.1 Å². The van der Waals surface area contributed by atoms with Crippen molar-refractivity contribution in [2.75, 3.05) is 32.6 Å². The van der Waals surface area contributed by atoms with Crippen molar-refractivity contribution in [2.24, 2.45) is 7.05 Å². The number of nitrogens with zero attached hydrogens (tertiary/aromatic N) is 3. The first-order valence-electron chi connectivity index (χ1n) is 10.7. The third-order valence-corrected chi connectivity index (χ3v) is 7.78. The van der Waals surface area contributed by atoms with E-state index in [1.807, 2.05) is 0 Å². The fourth-order valence-electron chi connectivity index (χ4n) is 3.49. The molecule has 0 fully saturated rings. The molecule has 0 saturated heterocycles. The molecule has 36 heavy (non-hydrogen) atoms. The molecule has 1 heterocycles. The summed E-state index contributed by atoms with van der Waals surface area (Å²) in [6, 6.07) is 13.2. The highest BCUT2D eigenvalue weighted by molar-refractivity contribution is 7.89. The largest absolute Gasteiger partial charge is 0.494 e. The number of aromatic nitrogens is 1. The quantitative estimate of drug-likeness (QED) is 0.145. The van der Waals surface area contributed by atoms with E-state index in [-0.39, 0.29) is 31.7 Å². The van der Waals surface area contributed by atoms with Gasteiger partial charge in [-0.05, 0) is 36.8 Å². The highest BCUT2D eigenvalue weighted by Crippen LogP contribution is 2.26. The topological polar surface area (TPSA) is 155 Å². The van der Waals surface area contributed by atoms with E-state index in [1.165, 1.54) is 22.8 Å². The van der Waals surface area contributed by atoms with E-state index in [9.17, 15) is 31.7 Å². The third kappa shape index (κ3) is 6.66. The number of hydrogen-bond donors (Lipinski definition) is 0. The number of fused-ring (bicyclic) bond motifs is 1. The van der Waals surface area contributed by atoms with Crippen molar-refractivity contribution < 1.29 is 30.7 Å². The fourth-order valence-corrected chi connectivity index (χ4v) is 5.49. The Bertz CT molecular complexity index is 1530. The van der Waals surface area contributed by atoms with Crippen LogP contribution in [-0.4, -0.2) is 63.2 Å². The molecule has 3 rings (SSSR count). The lowest BCUT2D eigenvalue weighted by Gasteiger charge is -2.22. The summed E-state index contributed by atoms with van der Waals surface area (Å²) in [5.74, 6) is 0.509. The van der Waals surface area contributed by atoms with Crippen LogP contribution in [0.4, 0.5) is 5.69 Å². The number of ether oxygens (including phenoxy) is 1. The van der Waals surface area contributed by atoms with Crippen LogP contribution in [0.5, 0.6) is 5.75 Å². The zero-order chi connectivity index (χ0) is 26.5. The number of pyridine rings is 1. The predicted octanol–water partition coefficient (Wildman–Crippen LogP) is 1.88. The molecule has 0 amide bonds. The van der Waals surface area contributed by atoms with Gasteiger partial charge in [-0.1, -0.05) is 12.1 Å². The number of hydrogen-bond acceptors (Lipinski definition) is 9. The van der Waals surface area contributed by atoms with E-state index < -0.39 is 42.3 Å². The molecule has 2 aromatic carbocycles. The van der Waals surface area contributed by atoms with Crippen molar-refractivity contribution >= 4 is 36.7 Å². The minimum atomic E-state index is -4.35. The van der Waals surface area contributed by atoms with Crippen LogP contribution in [0.15, 0.2) is 64.3 Å². The molecule has 0 unspecified atom stereocenters. The highest BCUT2D eigenvalue weighted by Gasteiger charge is 2.31. The number of nitro benzene ring substituents is 1. The van der Waals surface area contributed by atoms with Crippen molar-refractivity contribution in [1.29, 1.82) is 0 Å². The molecule has 194 valence electrons. The Labute approximate surface area is 208 Å². The van der Waals surface area contributed by atoms with E-state index in [1.54, 1.807) is 31.3 Å². The summed E-state index contributed by atoms with van der Waals surface area (Å²) >= 11 is 0. The van der Waals surface area contributed by atoms with E-state index in [2.05, 4.69) is 4.18 Å². The number of aryl methyl sites for hydroxylation is 1. The second kappa shape index (κ2) is 11.2. The maximum absolute atomic E-state index is 13.2. The van der Waals surface area contributed by atoms with Gasteiger partial charge in [0.25, 0.3) is 21.4 Å². The first-order chi connectivity index (χ1) is 16.9. The number of rotatable bonds is 12. The van der Waals surface area contributed by atoms with Crippen molar-refractivity contribution in [3.8, 4) is 5.75 Å². The van der Waals surface area contributed by atoms with Crippen LogP contribution in [0.25, 0.3) is 10.9 Å². The first kappa shape index (κ1) is 27.3. The molecule has 0 atom stereocenters. The van der Waals surface area contributed by atoms with E-state index >= 15 is 0 Å². The van der Waals surface area contributed by atoms with Gasteiger partial charge >= 0.3 is 0 Å². The number of benzene rings is 2. The minimum absolute atomic E-state index is 0.104. The van der Waals surface area contributed by atoms with Crippen LogP contribution in [0.3, 0.4) is 0 Å². The van der Waals surface area contributed by atoms with Crippen LogP contribution in [0, 0.1) is 10.1 Å². The van der Waals surface area contributed by atoms with Crippen LogP contribution in [0.1, 0.15) is 6.42 Å². The van der Waals surface area contributed by atoms with Crippen molar-refractivity contribution in [3.05, 3.63) is 75.1 Å². The normalized spacial score (nSPS) is 12.2. The van der Waals surface area contributed by atoms with Gasteiger partial charge in [0.15, 0.2) is 4.90 Å². The van der Waals surface area contributed by atoms with Gasteiger partial charge in [-0.2, -0.15) is 12.7 Å². The third-order valence-electron chi connectivity index (χ3n) is 5.23. The van der Waals surface area contributed by atoms with Gasteiger partial charge < -0.3 is 9.30 Å². The molecule has 0 spiro atoms. The predicted molar refractivity (Wildman–Crippen MR) is 132 cm³/mol. The van der Waals surface area contributed by atoms with E-state index in [4.69, 9.17) is 4.74 Å². The minimum Gasteiger partial charge on any atom is -0.494 e. The summed E-state index contributed by atoms with van der Waals surface area (Å²) in [6.07, 6.45) is 1.03. The van der Waals surface area contributed by atoms with Gasteiger partial charge in [-0.15, -0.1) is 0 Å². The van der Waals surface area contributed by atoms with Crippen LogP contribution in [-0.2, 0) is 31.4 Å². The number of sulfonamides is 1. The Balaban J connectivity index is 1.74. The number of para-hydroxylation sites is 1. The lowest BCUT2D eigenvalue weighted by atomic mass is 10.2. The molecule has 12 nitrogen and oxygen atoms in total. The van der Waals surface area contributed by atoms with Crippen LogP contribution < -0.4 is 10.3 Å². The molecule has 0 bridgehead atoms. The Kier molecular flexibility index (Phi) is 8.45. The Morgan fingerprint density at radius 1 is 1.00 bits per heavy atom. The summed E-state index contributed by atoms with van der Waals surface area (Å²) in [6.45, 7) is -0.801. The first-order valence-corrected chi connectivity index (χ1v) is 14.0. The van der Waals surface area contributed by atoms with Crippen LogP contribution in [0.2, 0.25) is 0 Å². The maximum Gasteiger partial charge on any atom is 0.289 e. The van der Waals surface area contributed by atoms with Gasteiger partial charge in [0, 0.05) is 37.7 Å². The van der Waals surface area contributed by atoms with Crippen LogP contribution >= 0.6 is 0 Å². The van der Waals surface area contributed by atoms with Gasteiger partial charge in [0.1, 0.15) is 5.75 Å².